The van der Waals surface area contributed by atoms with Gasteiger partial charge in [0.05, 0.1) is 0 Å². The van der Waals surface area contributed by atoms with E-state index >= 15 is 0 Å². The predicted molar refractivity (Wildman–Crippen MR) is 51.5 cm³/mol. The number of anilines is 1. The van der Waals surface area contributed by atoms with E-state index < -0.39 is 6.09 Å². The molecule has 0 aliphatic heterocycles. The average molecular weight is 194 g/mol. The summed E-state index contributed by atoms with van der Waals surface area (Å²) < 4.78 is 0. The van der Waals surface area contributed by atoms with Crippen LogP contribution in [-0.4, -0.2) is 24.2 Å². The SMILES string of the molecule is CNC(=O)c1ccc(NC(=O)O)cc1. The second-order valence-electron chi connectivity index (χ2n) is 2.59. The molecule has 0 atom stereocenters. The molecule has 0 aliphatic carbocycles. The molecule has 2 amide bonds. The van der Waals surface area contributed by atoms with Crippen molar-refractivity contribution in [3.05, 3.63) is 29.8 Å². The molecule has 0 saturated heterocycles. The minimum atomic E-state index is -1.13. The normalized spacial score (nSPS) is 9.21. The van der Waals surface area contributed by atoms with Gasteiger partial charge in [0.1, 0.15) is 0 Å². The Morgan fingerprint density at radius 3 is 2.21 bits per heavy atom. The molecule has 0 saturated carbocycles. The van der Waals surface area contributed by atoms with Crippen LogP contribution in [0.5, 0.6) is 0 Å². The molecule has 3 N–H and O–H groups in total. The summed E-state index contributed by atoms with van der Waals surface area (Å²) in [5.41, 5.74) is 0.925. The van der Waals surface area contributed by atoms with Gasteiger partial charge in [0.15, 0.2) is 0 Å². The van der Waals surface area contributed by atoms with Gasteiger partial charge in [0.25, 0.3) is 5.91 Å². The first-order valence-corrected chi connectivity index (χ1v) is 3.95. The van der Waals surface area contributed by atoms with Gasteiger partial charge in [-0.1, -0.05) is 0 Å². The topological polar surface area (TPSA) is 78.4 Å². The molecule has 0 fully saturated rings. The first kappa shape index (κ1) is 10.0. The van der Waals surface area contributed by atoms with E-state index in [0.29, 0.717) is 11.3 Å². The van der Waals surface area contributed by atoms with Crippen molar-refractivity contribution in [1.29, 1.82) is 0 Å². The minimum absolute atomic E-state index is 0.202. The highest BCUT2D eigenvalue weighted by Crippen LogP contribution is 2.08. The number of hydrogen-bond acceptors (Lipinski definition) is 2. The van der Waals surface area contributed by atoms with E-state index in [0.717, 1.165) is 0 Å². The van der Waals surface area contributed by atoms with Crippen molar-refractivity contribution >= 4 is 17.7 Å². The molecule has 1 rings (SSSR count). The highest BCUT2D eigenvalue weighted by molar-refractivity contribution is 5.94. The summed E-state index contributed by atoms with van der Waals surface area (Å²) in [6, 6.07) is 6.14. The van der Waals surface area contributed by atoms with Gasteiger partial charge in [0.2, 0.25) is 0 Å². The zero-order valence-corrected chi connectivity index (χ0v) is 7.57. The third-order valence-corrected chi connectivity index (χ3v) is 1.63. The molecule has 5 heteroatoms. The van der Waals surface area contributed by atoms with Crippen LogP contribution in [0, 0.1) is 0 Å². The number of rotatable bonds is 2. The van der Waals surface area contributed by atoms with Crippen molar-refractivity contribution in [3.8, 4) is 0 Å². The number of amides is 2. The zero-order valence-electron chi connectivity index (χ0n) is 7.57. The molecule has 0 heterocycles. The Labute approximate surface area is 80.7 Å². The maximum atomic E-state index is 11.1. The van der Waals surface area contributed by atoms with E-state index in [4.69, 9.17) is 5.11 Å². The fraction of sp³-hybridized carbons (Fsp3) is 0.111. The number of nitrogens with one attached hydrogen (secondary N) is 2. The zero-order chi connectivity index (χ0) is 10.6. The summed E-state index contributed by atoms with van der Waals surface area (Å²) in [6.45, 7) is 0. The summed E-state index contributed by atoms with van der Waals surface area (Å²) in [6.07, 6.45) is -1.13. The highest BCUT2D eigenvalue weighted by atomic mass is 16.4. The van der Waals surface area contributed by atoms with Crippen LogP contribution in [0.1, 0.15) is 10.4 Å². The molecule has 0 aromatic heterocycles. The fourth-order valence-corrected chi connectivity index (χ4v) is 0.973. The largest absolute Gasteiger partial charge is 0.465 e. The van der Waals surface area contributed by atoms with Gasteiger partial charge >= 0.3 is 6.09 Å². The molecule has 0 aliphatic rings. The molecule has 1 aromatic rings. The predicted octanol–water partition coefficient (Wildman–Crippen LogP) is 1.14. The van der Waals surface area contributed by atoms with Crippen molar-refractivity contribution < 1.29 is 14.7 Å². The summed E-state index contributed by atoms with van der Waals surface area (Å²) >= 11 is 0. The lowest BCUT2D eigenvalue weighted by Gasteiger charge is -2.02. The van der Waals surface area contributed by atoms with Crippen LogP contribution in [0.3, 0.4) is 0 Å². The van der Waals surface area contributed by atoms with Crippen LogP contribution in [0.25, 0.3) is 0 Å². The number of carbonyl (C=O) groups is 2. The van der Waals surface area contributed by atoms with Crippen molar-refractivity contribution in [2.24, 2.45) is 0 Å². The molecule has 1 aromatic carbocycles. The Hall–Kier alpha value is -2.04. The maximum Gasteiger partial charge on any atom is 0.409 e. The van der Waals surface area contributed by atoms with Crippen LogP contribution >= 0.6 is 0 Å². The second-order valence-corrected chi connectivity index (χ2v) is 2.59. The lowest BCUT2D eigenvalue weighted by molar-refractivity contribution is 0.0963. The van der Waals surface area contributed by atoms with E-state index in [2.05, 4.69) is 10.6 Å². The average Bonchev–Trinajstić information content (AvgIpc) is 2.17. The number of carboxylic acid groups (broad SMARTS) is 1. The van der Waals surface area contributed by atoms with Gasteiger partial charge in [-0.3, -0.25) is 10.1 Å². The van der Waals surface area contributed by atoms with Crippen LogP contribution < -0.4 is 10.6 Å². The molecule has 0 spiro atoms. The summed E-state index contributed by atoms with van der Waals surface area (Å²) in [4.78, 5) is 21.4. The highest BCUT2D eigenvalue weighted by Gasteiger charge is 2.02. The van der Waals surface area contributed by atoms with Crippen molar-refractivity contribution in [3.63, 3.8) is 0 Å². The van der Waals surface area contributed by atoms with Gasteiger partial charge in [-0.05, 0) is 24.3 Å². The maximum absolute atomic E-state index is 11.1. The van der Waals surface area contributed by atoms with Gasteiger partial charge in [0, 0.05) is 18.3 Å². The van der Waals surface area contributed by atoms with E-state index in [-0.39, 0.29) is 5.91 Å². The van der Waals surface area contributed by atoms with Crippen molar-refractivity contribution in [1.82, 2.24) is 5.32 Å². The van der Waals surface area contributed by atoms with Gasteiger partial charge < -0.3 is 10.4 Å². The first-order chi connectivity index (χ1) is 6.63. The van der Waals surface area contributed by atoms with Crippen molar-refractivity contribution in [2.75, 3.05) is 12.4 Å². The van der Waals surface area contributed by atoms with E-state index in [1.165, 1.54) is 19.2 Å². The molecule has 0 unspecified atom stereocenters. The fourth-order valence-electron chi connectivity index (χ4n) is 0.973. The molecular weight excluding hydrogens is 184 g/mol. The molecule has 0 bridgehead atoms. The molecule has 14 heavy (non-hydrogen) atoms. The Morgan fingerprint density at radius 1 is 1.21 bits per heavy atom. The van der Waals surface area contributed by atoms with Crippen molar-refractivity contribution in [2.45, 2.75) is 0 Å². The Bertz CT molecular complexity index is 346. The van der Waals surface area contributed by atoms with E-state index in [1.54, 1.807) is 12.1 Å². The lowest BCUT2D eigenvalue weighted by Crippen LogP contribution is -2.17. The molecular formula is C9H10N2O3. The Morgan fingerprint density at radius 2 is 1.79 bits per heavy atom. The number of hydrogen-bond donors (Lipinski definition) is 3. The minimum Gasteiger partial charge on any atom is -0.465 e. The third-order valence-electron chi connectivity index (χ3n) is 1.63. The summed E-state index contributed by atoms with van der Waals surface area (Å²) in [7, 11) is 1.53. The summed E-state index contributed by atoms with van der Waals surface area (Å²) in [5, 5.41) is 13.0. The Balaban J connectivity index is 2.78. The lowest BCUT2D eigenvalue weighted by atomic mass is 10.2. The summed E-state index contributed by atoms with van der Waals surface area (Å²) in [5.74, 6) is -0.202. The van der Waals surface area contributed by atoms with Crippen LogP contribution in [-0.2, 0) is 0 Å². The van der Waals surface area contributed by atoms with Crippen LogP contribution in [0.15, 0.2) is 24.3 Å². The standard InChI is InChI=1S/C9H10N2O3/c1-10-8(12)6-2-4-7(5-3-6)11-9(13)14/h2-5,11H,1H3,(H,10,12)(H,13,14). The monoisotopic (exact) mass is 194 g/mol. The number of carbonyl (C=O) groups excluding carboxylic acids is 1. The second kappa shape index (κ2) is 4.27. The van der Waals surface area contributed by atoms with Crippen LogP contribution in [0.4, 0.5) is 10.5 Å². The van der Waals surface area contributed by atoms with Gasteiger partial charge in [-0.15, -0.1) is 0 Å². The molecule has 74 valence electrons. The van der Waals surface area contributed by atoms with Gasteiger partial charge in [-0.2, -0.15) is 0 Å². The first-order valence-electron chi connectivity index (χ1n) is 3.95. The smallest absolute Gasteiger partial charge is 0.409 e. The van der Waals surface area contributed by atoms with E-state index in [9.17, 15) is 9.59 Å². The Kier molecular flexibility index (Phi) is 3.06. The quantitative estimate of drug-likeness (QED) is 0.660. The van der Waals surface area contributed by atoms with Gasteiger partial charge in [-0.25, -0.2) is 4.79 Å². The third kappa shape index (κ3) is 2.48. The van der Waals surface area contributed by atoms with Crippen LogP contribution in [0.2, 0.25) is 0 Å². The molecule has 5 nitrogen and oxygen atoms in total. The number of benzene rings is 1. The molecule has 0 radical (unpaired) electrons. The van der Waals surface area contributed by atoms with E-state index in [1.807, 2.05) is 0 Å².